The van der Waals surface area contributed by atoms with Crippen molar-refractivity contribution in [2.75, 3.05) is 11.9 Å². The first kappa shape index (κ1) is 15.8. The standard InChI is InChI=1S/C16H19N3O3/c1-4-22-14-7-5-6-13(9-14)12(3)18-16-8-11(2)15(10-17-16)19(20)21/h5-10,12H,4H2,1-3H3,(H,17,18). The highest BCUT2D eigenvalue weighted by Gasteiger charge is 2.13. The van der Waals surface area contributed by atoms with Crippen molar-refractivity contribution in [3.8, 4) is 5.75 Å². The van der Waals surface area contributed by atoms with Crippen LogP contribution >= 0.6 is 0 Å². The first-order valence-corrected chi connectivity index (χ1v) is 7.11. The normalized spacial score (nSPS) is 11.8. The molecule has 0 bridgehead atoms. The highest BCUT2D eigenvalue weighted by atomic mass is 16.6. The number of anilines is 1. The molecule has 2 rings (SSSR count). The molecular formula is C16H19N3O3. The maximum atomic E-state index is 10.8. The van der Waals surface area contributed by atoms with E-state index < -0.39 is 4.92 Å². The number of nitrogens with one attached hydrogen (secondary N) is 1. The summed E-state index contributed by atoms with van der Waals surface area (Å²) in [5.74, 6) is 1.43. The average Bonchev–Trinajstić information content (AvgIpc) is 2.47. The van der Waals surface area contributed by atoms with E-state index in [9.17, 15) is 10.1 Å². The summed E-state index contributed by atoms with van der Waals surface area (Å²) in [6.45, 7) is 6.27. The number of benzene rings is 1. The second kappa shape index (κ2) is 6.89. The fraction of sp³-hybridized carbons (Fsp3) is 0.312. The summed E-state index contributed by atoms with van der Waals surface area (Å²) >= 11 is 0. The molecule has 116 valence electrons. The van der Waals surface area contributed by atoms with E-state index >= 15 is 0 Å². The number of ether oxygens (including phenoxy) is 1. The van der Waals surface area contributed by atoms with Gasteiger partial charge in [-0.05, 0) is 44.5 Å². The van der Waals surface area contributed by atoms with Gasteiger partial charge in [0.05, 0.1) is 17.6 Å². The predicted molar refractivity (Wildman–Crippen MR) is 85.3 cm³/mol. The Labute approximate surface area is 129 Å². The van der Waals surface area contributed by atoms with Crippen molar-refractivity contribution >= 4 is 11.5 Å². The van der Waals surface area contributed by atoms with Gasteiger partial charge < -0.3 is 10.1 Å². The molecule has 0 aliphatic rings. The molecular weight excluding hydrogens is 282 g/mol. The monoisotopic (exact) mass is 301 g/mol. The van der Waals surface area contributed by atoms with Gasteiger partial charge >= 0.3 is 0 Å². The summed E-state index contributed by atoms with van der Waals surface area (Å²) in [7, 11) is 0. The number of nitrogens with zero attached hydrogens (tertiary/aromatic N) is 2. The van der Waals surface area contributed by atoms with Crippen LogP contribution in [0.1, 0.15) is 31.0 Å². The van der Waals surface area contributed by atoms with Gasteiger partial charge in [0.25, 0.3) is 5.69 Å². The maximum Gasteiger partial charge on any atom is 0.290 e. The Morgan fingerprint density at radius 3 is 2.82 bits per heavy atom. The van der Waals surface area contributed by atoms with Crippen molar-refractivity contribution in [2.24, 2.45) is 0 Å². The number of hydrogen-bond acceptors (Lipinski definition) is 5. The van der Waals surface area contributed by atoms with Crippen LogP contribution in [0.4, 0.5) is 11.5 Å². The summed E-state index contributed by atoms with van der Waals surface area (Å²) in [6.07, 6.45) is 1.28. The first-order chi connectivity index (χ1) is 10.5. The van der Waals surface area contributed by atoms with Gasteiger partial charge in [-0.25, -0.2) is 4.98 Å². The molecule has 1 N–H and O–H groups in total. The second-order valence-electron chi connectivity index (χ2n) is 4.98. The molecule has 22 heavy (non-hydrogen) atoms. The lowest BCUT2D eigenvalue weighted by Gasteiger charge is -2.16. The smallest absolute Gasteiger partial charge is 0.290 e. The lowest BCUT2D eigenvalue weighted by Crippen LogP contribution is -2.08. The van der Waals surface area contributed by atoms with Crippen molar-refractivity contribution < 1.29 is 9.66 Å². The summed E-state index contributed by atoms with van der Waals surface area (Å²) in [6, 6.07) is 9.51. The van der Waals surface area contributed by atoms with Gasteiger partial charge in [0.15, 0.2) is 0 Å². The molecule has 0 amide bonds. The molecule has 0 saturated carbocycles. The first-order valence-electron chi connectivity index (χ1n) is 7.11. The largest absolute Gasteiger partial charge is 0.494 e. The van der Waals surface area contributed by atoms with E-state index in [0.29, 0.717) is 18.0 Å². The van der Waals surface area contributed by atoms with Crippen LogP contribution in [0.5, 0.6) is 5.75 Å². The van der Waals surface area contributed by atoms with Crippen LogP contribution in [0.2, 0.25) is 0 Å². The minimum absolute atomic E-state index is 0.00811. The zero-order valence-electron chi connectivity index (χ0n) is 12.9. The summed E-state index contributed by atoms with van der Waals surface area (Å²) in [5.41, 5.74) is 1.66. The Kier molecular flexibility index (Phi) is 4.93. The fourth-order valence-electron chi connectivity index (χ4n) is 2.16. The van der Waals surface area contributed by atoms with E-state index in [1.807, 2.05) is 38.1 Å². The fourth-order valence-corrected chi connectivity index (χ4v) is 2.16. The van der Waals surface area contributed by atoms with Gasteiger partial charge in [0, 0.05) is 5.56 Å². The maximum absolute atomic E-state index is 10.8. The molecule has 1 aromatic heterocycles. The Bertz CT molecular complexity index is 673. The SMILES string of the molecule is CCOc1cccc(C(C)Nc2cc(C)c([N+](=O)[O-])cn2)c1. The zero-order chi connectivity index (χ0) is 16.1. The summed E-state index contributed by atoms with van der Waals surface area (Å²) < 4.78 is 5.49. The van der Waals surface area contributed by atoms with E-state index in [1.54, 1.807) is 13.0 Å². The van der Waals surface area contributed by atoms with Crippen molar-refractivity contribution in [3.63, 3.8) is 0 Å². The van der Waals surface area contributed by atoms with Gasteiger partial charge in [0.2, 0.25) is 0 Å². The van der Waals surface area contributed by atoms with Gasteiger partial charge in [-0.2, -0.15) is 0 Å². The molecule has 6 heteroatoms. The highest BCUT2D eigenvalue weighted by molar-refractivity contribution is 5.48. The third kappa shape index (κ3) is 3.72. The van der Waals surface area contributed by atoms with Gasteiger partial charge in [0.1, 0.15) is 17.8 Å². The Morgan fingerprint density at radius 2 is 2.18 bits per heavy atom. The van der Waals surface area contributed by atoms with Crippen LogP contribution in [0, 0.1) is 17.0 Å². The third-order valence-corrected chi connectivity index (χ3v) is 3.31. The van der Waals surface area contributed by atoms with Gasteiger partial charge in [-0.1, -0.05) is 12.1 Å². The van der Waals surface area contributed by atoms with Crippen molar-refractivity contribution in [1.82, 2.24) is 4.98 Å². The molecule has 0 aliphatic carbocycles. The predicted octanol–water partition coefficient (Wildman–Crippen LogP) is 3.87. The summed E-state index contributed by atoms with van der Waals surface area (Å²) in [5, 5.41) is 14.1. The average molecular weight is 301 g/mol. The molecule has 0 spiro atoms. The van der Waals surface area contributed by atoms with E-state index in [4.69, 9.17) is 4.74 Å². The van der Waals surface area contributed by atoms with Crippen LogP contribution in [0.15, 0.2) is 36.5 Å². The quantitative estimate of drug-likeness (QED) is 0.647. The molecule has 1 atom stereocenters. The minimum Gasteiger partial charge on any atom is -0.494 e. The van der Waals surface area contributed by atoms with Crippen LogP contribution < -0.4 is 10.1 Å². The summed E-state index contributed by atoms with van der Waals surface area (Å²) in [4.78, 5) is 14.5. The van der Waals surface area contributed by atoms with E-state index in [-0.39, 0.29) is 11.7 Å². The van der Waals surface area contributed by atoms with Crippen molar-refractivity contribution in [2.45, 2.75) is 26.8 Å². The Balaban J connectivity index is 2.14. The van der Waals surface area contributed by atoms with Crippen molar-refractivity contribution in [1.29, 1.82) is 0 Å². The van der Waals surface area contributed by atoms with Crippen LogP contribution in [0.25, 0.3) is 0 Å². The topological polar surface area (TPSA) is 77.3 Å². The number of aryl methyl sites for hydroxylation is 1. The number of aromatic nitrogens is 1. The van der Waals surface area contributed by atoms with Crippen molar-refractivity contribution in [3.05, 3.63) is 57.8 Å². The Morgan fingerprint density at radius 1 is 1.41 bits per heavy atom. The van der Waals surface area contributed by atoms with E-state index in [2.05, 4.69) is 10.3 Å². The third-order valence-electron chi connectivity index (χ3n) is 3.31. The lowest BCUT2D eigenvalue weighted by molar-refractivity contribution is -0.385. The Hall–Kier alpha value is -2.63. The lowest BCUT2D eigenvalue weighted by atomic mass is 10.1. The molecule has 2 aromatic rings. The van der Waals surface area contributed by atoms with E-state index in [0.717, 1.165) is 11.3 Å². The number of rotatable bonds is 6. The van der Waals surface area contributed by atoms with Crippen LogP contribution in [-0.4, -0.2) is 16.5 Å². The van der Waals surface area contributed by atoms with Gasteiger partial charge in [-0.15, -0.1) is 0 Å². The highest BCUT2D eigenvalue weighted by Crippen LogP contribution is 2.24. The molecule has 0 aliphatic heterocycles. The molecule has 1 aromatic carbocycles. The zero-order valence-corrected chi connectivity index (χ0v) is 12.9. The molecule has 1 heterocycles. The number of hydrogen-bond donors (Lipinski definition) is 1. The molecule has 0 saturated heterocycles. The molecule has 1 unspecified atom stereocenters. The van der Waals surface area contributed by atoms with Crippen LogP contribution in [-0.2, 0) is 0 Å². The van der Waals surface area contributed by atoms with E-state index in [1.165, 1.54) is 6.20 Å². The number of nitro groups is 1. The number of pyridine rings is 1. The molecule has 0 fully saturated rings. The minimum atomic E-state index is -0.429. The van der Waals surface area contributed by atoms with Crippen LogP contribution in [0.3, 0.4) is 0 Å². The molecule has 6 nitrogen and oxygen atoms in total. The second-order valence-corrected chi connectivity index (χ2v) is 4.98. The van der Waals surface area contributed by atoms with Gasteiger partial charge in [-0.3, -0.25) is 10.1 Å². The molecule has 0 radical (unpaired) electrons.